The molecule has 0 atom stereocenters. The fourth-order valence-electron chi connectivity index (χ4n) is 0.988. The van der Waals surface area contributed by atoms with Crippen LogP contribution in [0.25, 0.3) is 6.08 Å². The first-order valence-corrected chi connectivity index (χ1v) is 3.94. The van der Waals surface area contributed by atoms with Gasteiger partial charge in [0.2, 0.25) is 0 Å². The van der Waals surface area contributed by atoms with E-state index in [-0.39, 0.29) is 0 Å². The van der Waals surface area contributed by atoms with Crippen molar-refractivity contribution in [1.29, 1.82) is 5.26 Å². The number of nitrogens with zero attached hydrogens (tertiary/aromatic N) is 1. The van der Waals surface area contributed by atoms with Crippen LogP contribution in [0.2, 0.25) is 0 Å². The van der Waals surface area contributed by atoms with Crippen LogP contribution in [0, 0.1) is 11.3 Å². The van der Waals surface area contributed by atoms with Gasteiger partial charge in [-0.25, -0.2) is 0 Å². The standard InChI is InChI=1S/C11H9NO/c12-8-7-11-5-3-10(4-6-11)2-1-9-13/h1-6,9H,7H2. The Hall–Kier alpha value is -1.88. The van der Waals surface area contributed by atoms with E-state index in [1.54, 1.807) is 6.08 Å². The van der Waals surface area contributed by atoms with Gasteiger partial charge in [0.05, 0.1) is 12.5 Å². The predicted molar refractivity (Wildman–Crippen MR) is 50.9 cm³/mol. The van der Waals surface area contributed by atoms with E-state index in [0.717, 1.165) is 17.4 Å². The smallest absolute Gasteiger partial charge is 0.142 e. The lowest BCUT2D eigenvalue weighted by molar-refractivity contribution is -0.104. The minimum absolute atomic E-state index is 0.428. The minimum Gasteiger partial charge on any atom is -0.299 e. The van der Waals surface area contributed by atoms with Gasteiger partial charge in [-0.15, -0.1) is 0 Å². The SMILES string of the molecule is N#CCc1ccc(C=CC=O)cc1. The molecule has 0 bridgehead atoms. The van der Waals surface area contributed by atoms with E-state index < -0.39 is 0 Å². The fourth-order valence-corrected chi connectivity index (χ4v) is 0.988. The van der Waals surface area contributed by atoms with Crippen molar-refractivity contribution < 1.29 is 4.79 Å². The number of allylic oxidation sites excluding steroid dienone is 1. The monoisotopic (exact) mass is 171 g/mol. The zero-order chi connectivity index (χ0) is 9.52. The third-order valence-corrected chi connectivity index (χ3v) is 1.63. The first-order valence-electron chi connectivity index (χ1n) is 3.94. The van der Waals surface area contributed by atoms with Gasteiger partial charge in [0, 0.05) is 0 Å². The molecule has 0 heterocycles. The molecule has 2 nitrogen and oxygen atoms in total. The quantitative estimate of drug-likeness (QED) is 0.515. The summed E-state index contributed by atoms with van der Waals surface area (Å²) in [6, 6.07) is 9.60. The molecular formula is C11H9NO. The van der Waals surface area contributed by atoms with Gasteiger partial charge in [-0.2, -0.15) is 5.26 Å². The van der Waals surface area contributed by atoms with Crippen LogP contribution in [0.15, 0.2) is 30.3 Å². The van der Waals surface area contributed by atoms with E-state index >= 15 is 0 Å². The Kier molecular flexibility index (Phi) is 3.46. The van der Waals surface area contributed by atoms with Gasteiger partial charge in [0.1, 0.15) is 6.29 Å². The lowest BCUT2D eigenvalue weighted by atomic mass is 10.1. The van der Waals surface area contributed by atoms with E-state index in [1.807, 2.05) is 24.3 Å². The number of benzene rings is 1. The number of aldehydes is 1. The molecule has 0 aliphatic rings. The van der Waals surface area contributed by atoms with Crippen molar-refractivity contribution in [2.75, 3.05) is 0 Å². The molecule has 1 rings (SSSR count). The summed E-state index contributed by atoms with van der Waals surface area (Å²) in [6.07, 6.45) is 4.34. The molecule has 13 heavy (non-hydrogen) atoms. The average molecular weight is 171 g/mol. The Labute approximate surface area is 77.1 Å². The van der Waals surface area contributed by atoms with Crippen LogP contribution < -0.4 is 0 Å². The van der Waals surface area contributed by atoms with Gasteiger partial charge >= 0.3 is 0 Å². The molecule has 0 aromatic heterocycles. The van der Waals surface area contributed by atoms with Crippen LogP contribution in [0.5, 0.6) is 0 Å². The fraction of sp³-hybridized carbons (Fsp3) is 0.0909. The second-order valence-electron chi connectivity index (χ2n) is 2.57. The van der Waals surface area contributed by atoms with Crippen molar-refractivity contribution in [2.45, 2.75) is 6.42 Å². The topological polar surface area (TPSA) is 40.9 Å². The van der Waals surface area contributed by atoms with E-state index in [0.29, 0.717) is 6.42 Å². The molecule has 0 N–H and O–H groups in total. The van der Waals surface area contributed by atoms with E-state index in [1.165, 1.54) is 6.08 Å². The van der Waals surface area contributed by atoms with Crippen LogP contribution in [0.1, 0.15) is 11.1 Å². The average Bonchev–Trinajstić information content (AvgIpc) is 2.17. The van der Waals surface area contributed by atoms with Crippen molar-refractivity contribution in [3.8, 4) is 6.07 Å². The van der Waals surface area contributed by atoms with Crippen LogP contribution in [0.3, 0.4) is 0 Å². The Morgan fingerprint density at radius 1 is 1.31 bits per heavy atom. The van der Waals surface area contributed by atoms with Crippen molar-refractivity contribution >= 4 is 12.4 Å². The number of nitriles is 1. The summed E-state index contributed by atoms with van der Waals surface area (Å²) in [5.41, 5.74) is 1.96. The van der Waals surface area contributed by atoms with E-state index in [9.17, 15) is 4.79 Å². The summed E-state index contributed by atoms with van der Waals surface area (Å²) in [6.45, 7) is 0. The van der Waals surface area contributed by atoms with Gasteiger partial charge in [0.15, 0.2) is 0 Å². The second-order valence-corrected chi connectivity index (χ2v) is 2.57. The number of carbonyl (C=O) groups excluding carboxylic acids is 1. The highest BCUT2D eigenvalue weighted by atomic mass is 16.1. The summed E-state index contributed by atoms with van der Waals surface area (Å²) >= 11 is 0. The summed E-state index contributed by atoms with van der Waals surface area (Å²) in [4.78, 5) is 10.0. The Morgan fingerprint density at radius 3 is 2.54 bits per heavy atom. The largest absolute Gasteiger partial charge is 0.299 e. The van der Waals surface area contributed by atoms with Crippen molar-refractivity contribution in [3.05, 3.63) is 41.5 Å². The third kappa shape index (κ3) is 2.92. The molecule has 0 aliphatic carbocycles. The zero-order valence-electron chi connectivity index (χ0n) is 7.10. The van der Waals surface area contributed by atoms with Gasteiger partial charge in [0.25, 0.3) is 0 Å². The van der Waals surface area contributed by atoms with Gasteiger partial charge < -0.3 is 0 Å². The molecule has 2 heteroatoms. The van der Waals surface area contributed by atoms with Crippen molar-refractivity contribution in [1.82, 2.24) is 0 Å². The Bertz CT molecular complexity index is 343. The molecule has 0 unspecified atom stereocenters. The number of rotatable bonds is 3. The molecule has 0 spiro atoms. The summed E-state index contributed by atoms with van der Waals surface area (Å²) in [5, 5.41) is 8.42. The summed E-state index contributed by atoms with van der Waals surface area (Å²) in [5.74, 6) is 0. The van der Waals surface area contributed by atoms with Crippen molar-refractivity contribution in [2.24, 2.45) is 0 Å². The molecule has 0 aliphatic heterocycles. The van der Waals surface area contributed by atoms with Crippen molar-refractivity contribution in [3.63, 3.8) is 0 Å². The molecular weight excluding hydrogens is 162 g/mol. The molecule has 0 saturated heterocycles. The highest BCUT2D eigenvalue weighted by molar-refractivity contribution is 5.73. The molecule has 0 saturated carbocycles. The van der Waals surface area contributed by atoms with Crippen LogP contribution in [-0.2, 0) is 11.2 Å². The third-order valence-electron chi connectivity index (χ3n) is 1.63. The van der Waals surface area contributed by atoms with Crippen LogP contribution in [-0.4, -0.2) is 6.29 Å². The van der Waals surface area contributed by atoms with Gasteiger partial charge in [-0.3, -0.25) is 4.79 Å². The summed E-state index contributed by atoms with van der Waals surface area (Å²) < 4.78 is 0. The number of carbonyl (C=O) groups is 1. The van der Waals surface area contributed by atoms with Gasteiger partial charge in [-0.1, -0.05) is 30.3 Å². The highest BCUT2D eigenvalue weighted by Gasteiger charge is 1.90. The molecule has 0 amide bonds. The lowest BCUT2D eigenvalue weighted by Gasteiger charge is -1.94. The minimum atomic E-state index is 0.428. The maximum Gasteiger partial charge on any atom is 0.142 e. The van der Waals surface area contributed by atoms with E-state index in [2.05, 4.69) is 6.07 Å². The predicted octanol–water partition coefficient (Wildman–Crippen LogP) is 1.96. The highest BCUT2D eigenvalue weighted by Crippen LogP contribution is 2.05. The Balaban J connectivity index is 2.76. The maximum absolute atomic E-state index is 10.0. The maximum atomic E-state index is 10.0. The summed E-state index contributed by atoms with van der Waals surface area (Å²) in [7, 11) is 0. The number of hydrogen-bond acceptors (Lipinski definition) is 2. The van der Waals surface area contributed by atoms with E-state index in [4.69, 9.17) is 5.26 Å². The normalized spacial score (nSPS) is 9.77. The van der Waals surface area contributed by atoms with Crippen LogP contribution >= 0.6 is 0 Å². The second kappa shape index (κ2) is 4.89. The molecule has 1 aromatic rings. The molecule has 64 valence electrons. The zero-order valence-corrected chi connectivity index (χ0v) is 7.10. The molecule has 0 fully saturated rings. The number of hydrogen-bond donors (Lipinski definition) is 0. The van der Waals surface area contributed by atoms with Gasteiger partial charge in [-0.05, 0) is 17.2 Å². The Morgan fingerprint density at radius 2 is 2.00 bits per heavy atom. The van der Waals surface area contributed by atoms with Crippen LogP contribution in [0.4, 0.5) is 0 Å². The molecule has 0 radical (unpaired) electrons. The lowest BCUT2D eigenvalue weighted by Crippen LogP contribution is -1.80. The first kappa shape index (κ1) is 9.21. The first-order chi connectivity index (χ1) is 6.36. The molecule has 1 aromatic carbocycles.